The van der Waals surface area contributed by atoms with Crippen molar-refractivity contribution in [2.45, 2.75) is 12.8 Å². The lowest BCUT2D eigenvalue weighted by Gasteiger charge is -2.06. The van der Waals surface area contributed by atoms with Crippen LogP contribution in [-0.4, -0.2) is 18.1 Å². The van der Waals surface area contributed by atoms with E-state index in [0.29, 0.717) is 17.9 Å². The van der Waals surface area contributed by atoms with E-state index in [-0.39, 0.29) is 5.97 Å². The summed E-state index contributed by atoms with van der Waals surface area (Å²) in [4.78, 5) is 15.2. The maximum Gasteiger partial charge on any atom is 0.305 e. The zero-order chi connectivity index (χ0) is 12.3. The second-order valence-electron chi connectivity index (χ2n) is 3.74. The highest BCUT2D eigenvalue weighted by molar-refractivity contribution is 6.31. The maximum absolute atomic E-state index is 11.1. The Kier molecular flexibility index (Phi) is 3.59. The Balaban J connectivity index is 2.35. The highest BCUT2D eigenvalue weighted by Crippen LogP contribution is 2.24. The van der Waals surface area contributed by atoms with E-state index >= 15 is 0 Å². The number of esters is 1. The van der Waals surface area contributed by atoms with Gasteiger partial charge in [-0.3, -0.25) is 9.78 Å². The predicted octanol–water partition coefficient (Wildman–Crippen LogP) is 2.99. The number of carbonyl (C=O) groups is 1. The zero-order valence-electron chi connectivity index (χ0n) is 9.44. The van der Waals surface area contributed by atoms with Crippen LogP contribution in [0.2, 0.25) is 5.02 Å². The summed E-state index contributed by atoms with van der Waals surface area (Å²) in [5, 5.41) is 2.72. The first kappa shape index (κ1) is 11.9. The SMILES string of the molecule is COC(=O)CCc1cc(Cl)cc2cnccc12. The minimum atomic E-state index is -0.216. The van der Waals surface area contributed by atoms with Gasteiger partial charge in [0.15, 0.2) is 0 Å². The topological polar surface area (TPSA) is 39.2 Å². The molecule has 3 nitrogen and oxygen atoms in total. The van der Waals surface area contributed by atoms with E-state index in [1.807, 2.05) is 18.2 Å². The van der Waals surface area contributed by atoms with Crippen LogP contribution < -0.4 is 0 Å². The molecule has 2 aromatic rings. The molecule has 1 heterocycles. The molecule has 0 radical (unpaired) electrons. The average Bonchev–Trinajstić information content (AvgIpc) is 2.35. The molecule has 0 atom stereocenters. The molecule has 0 saturated carbocycles. The quantitative estimate of drug-likeness (QED) is 0.785. The molecule has 2 rings (SSSR count). The van der Waals surface area contributed by atoms with Crippen molar-refractivity contribution in [2.75, 3.05) is 7.11 Å². The minimum Gasteiger partial charge on any atom is -0.469 e. The summed E-state index contributed by atoms with van der Waals surface area (Å²) in [6.07, 6.45) is 4.47. The molecule has 0 unspecified atom stereocenters. The number of ether oxygens (including phenoxy) is 1. The van der Waals surface area contributed by atoms with Crippen LogP contribution in [0.1, 0.15) is 12.0 Å². The van der Waals surface area contributed by atoms with Gasteiger partial charge in [-0.2, -0.15) is 0 Å². The molecule has 0 saturated heterocycles. The number of benzene rings is 1. The predicted molar refractivity (Wildman–Crippen MR) is 67.1 cm³/mol. The highest BCUT2D eigenvalue weighted by atomic mass is 35.5. The van der Waals surface area contributed by atoms with Gasteiger partial charge < -0.3 is 4.74 Å². The Morgan fingerprint density at radius 2 is 2.29 bits per heavy atom. The summed E-state index contributed by atoms with van der Waals surface area (Å²) in [6.45, 7) is 0. The van der Waals surface area contributed by atoms with Crippen LogP contribution in [0.3, 0.4) is 0 Å². The summed E-state index contributed by atoms with van der Waals surface area (Å²) in [5.41, 5.74) is 1.04. The largest absolute Gasteiger partial charge is 0.469 e. The first-order valence-corrected chi connectivity index (χ1v) is 5.67. The molecule has 0 N–H and O–H groups in total. The van der Waals surface area contributed by atoms with Crippen molar-refractivity contribution in [3.05, 3.63) is 41.2 Å². The summed E-state index contributed by atoms with van der Waals surface area (Å²) in [7, 11) is 1.39. The highest BCUT2D eigenvalue weighted by Gasteiger charge is 2.06. The number of carbonyl (C=O) groups excluding carboxylic acids is 1. The first-order chi connectivity index (χ1) is 8.20. The monoisotopic (exact) mass is 249 g/mol. The van der Waals surface area contributed by atoms with Crippen molar-refractivity contribution in [3.8, 4) is 0 Å². The number of hydrogen-bond donors (Lipinski definition) is 0. The van der Waals surface area contributed by atoms with Gasteiger partial charge in [-0.05, 0) is 35.6 Å². The van der Waals surface area contributed by atoms with Crippen molar-refractivity contribution < 1.29 is 9.53 Å². The van der Waals surface area contributed by atoms with E-state index in [9.17, 15) is 4.79 Å². The Labute approximate surface area is 104 Å². The molecule has 4 heteroatoms. The molecule has 0 bridgehead atoms. The van der Waals surface area contributed by atoms with Crippen LogP contribution >= 0.6 is 11.6 Å². The molecule has 17 heavy (non-hydrogen) atoms. The maximum atomic E-state index is 11.1. The molecule has 0 fully saturated rings. The van der Waals surface area contributed by atoms with E-state index in [1.54, 1.807) is 12.4 Å². The second-order valence-corrected chi connectivity index (χ2v) is 4.17. The minimum absolute atomic E-state index is 0.216. The molecule has 88 valence electrons. The first-order valence-electron chi connectivity index (χ1n) is 5.29. The second kappa shape index (κ2) is 5.15. The number of aryl methyl sites for hydroxylation is 1. The van der Waals surface area contributed by atoms with Crippen LogP contribution in [0.4, 0.5) is 0 Å². The summed E-state index contributed by atoms with van der Waals surface area (Å²) in [6, 6.07) is 5.68. The Morgan fingerprint density at radius 1 is 1.47 bits per heavy atom. The third-order valence-electron chi connectivity index (χ3n) is 2.63. The standard InChI is InChI=1S/C13H12ClNO2/c1-17-13(16)3-2-9-6-11(14)7-10-8-15-5-4-12(9)10/h4-8H,2-3H2,1H3. The third-order valence-corrected chi connectivity index (χ3v) is 2.85. The van der Waals surface area contributed by atoms with E-state index in [2.05, 4.69) is 9.72 Å². The van der Waals surface area contributed by atoms with Gasteiger partial charge in [0.2, 0.25) is 0 Å². The molecule has 0 aliphatic heterocycles. The number of pyridine rings is 1. The van der Waals surface area contributed by atoms with Crippen LogP contribution in [0.15, 0.2) is 30.6 Å². The molecular formula is C13H12ClNO2. The van der Waals surface area contributed by atoms with Gasteiger partial charge in [0.1, 0.15) is 0 Å². The summed E-state index contributed by atoms with van der Waals surface area (Å²) in [5.74, 6) is -0.216. The number of hydrogen-bond acceptors (Lipinski definition) is 3. The molecule has 1 aromatic heterocycles. The fourth-order valence-electron chi connectivity index (χ4n) is 1.79. The molecule has 1 aromatic carbocycles. The number of aromatic nitrogens is 1. The van der Waals surface area contributed by atoms with Crippen molar-refractivity contribution in [1.29, 1.82) is 0 Å². The normalized spacial score (nSPS) is 10.5. The van der Waals surface area contributed by atoms with Crippen molar-refractivity contribution >= 4 is 28.3 Å². The number of methoxy groups -OCH3 is 1. The zero-order valence-corrected chi connectivity index (χ0v) is 10.2. The van der Waals surface area contributed by atoms with Crippen molar-refractivity contribution in [2.24, 2.45) is 0 Å². The lowest BCUT2D eigenvalue weighted by molar-refractivity contribution is -0.140. The van der Waals surface area contributed by atoms with Gasteiger partial charge >= 0.3 is 5.97 Å². The van der Waals surface area contributed by atoms with E-state index in [1.165, 1.54) is 7.11 Å². The fraction of sp³-hybridized carbons (Fsp3) is 0.231. The van der Waals surface area contributed by atoms with Crippen LogP contribution in [-0.2, 0) is 16.0 Å². The van der Waals surface area contributed by atoms with Gasteiger partial charge in [0.25, 0.3) is 0 Å². The van der Waals surface area contributed by atoms with Gasteiger partial charge in [0.05, 0.1) is 7.11 Å². The number of nitrogens with zero attached hydrogens (tertiary/aromatic N) is 1. The van der Waals surface area contributed by atoms with Crippen molar-refractivity contribution in [1.82, 2.24) is 4.98 Å². The fourth-order valence-corrected chi connectivity index (χ4v) is 2.04. The summed E-state index contributed by atoms with van der Waals surface area (Å²) >= 11 is 6.03. The van der Waals surface area contributed by atoms with Crippen LogP contribution in [0, 0.1) is 0 Å². The number of halogens is 1. The molecule has 0 aliphatic carbocycles. The Morgan fingerprint density at radius 3 is 3.06 bits per heavy atom. The lowest BCUT2D eigenvalue weighted by Crippen LogP contribution is -2.02. The molecule has 0 amide bonds. The van der Waals surface area contributed by atoms with Crippen LogP contribution in [0.5, 0.6) is 0 Å². The Bertz CT molecular complexity index is 554. The number of rotatable bonds is 3. The van der Waals surface area contributed by atoms with Gasteiger partial charge in [0, 0.05) is 29.2 Å². The van der Waals surface area contributed by atoms with Gasteiger partial charge in [-0.15, -0.1) is 0 Å². The summed E-state index contributed by atoms with van der Waals surface area (Å²) < 4.78 is 4.63. The third kappa shape index (κ3) is 2.74. The number of fused-ring (bicyclic) bond motifs is 1. The smallest absolute Gasteiger partial charge is 0.305 e. The lowest BCUT2D eigenvalue weighted by atomic mass is 10.0. The molecule has 0 aliphatic rings. The molecule has 0 spiro atoms. The Hall–Kier alpha value is -1.61. The van der Waals surface area contributed by atoms with E-state index in [0.717, 1.165) is 16.3 Å². The van der Waals surface area contributed by atoms with Gasteiger partial charge in [-0.25, -0.2) is 0 Å². The van der Waals surface area contributed by atoms with E-state index < -0.39 is 0 Å². The van der Waals surface area contributed by atoms with Crippen LogP contribution in [0.25, 0.3) is 10.8 Å². The van der Waals surface area contributed by atoms with E-state index in [4.69, 9.17) is 11.6 Å². The molecular weight excluding hydrogens is 238 g/mol. The van der Waals surface area contributed by atoms with Crippen molar-refractivity contribution in [3.63, 3.8) is 0 Å². The van der Waals surface area contributed by atoms with Gasteiger partial charge in [-0.1, -0.05) is 11.6 Å². The average molecular weight is 250 g/mol.